The van der Waals surface area contributed by atoms with Gasteiger partial charge in [-0.3, -0.25) is 4.79 Å². The summed E-state index contributed by atoms with van der Waals surface area (Å²) in [6, 6.07) is 10.6. The number of carbonyl (C=O) groups is 1. The lowest BCUT2D eigenvalue weighted by Gasteiger charge is -2.22. The Morgan fingerprint density at radius 1 is 1.33 bits per heavy atom. The van der Waals surface area contributed by atoms with E-state index in [9.17, 15) is 4.79 Å². The maximum absolute atomic E-state index is 11.7. The van der Waals surface area contributed by atoms with Gasteiger partial charge in [-0.1, -0.05) is 30.3 Å². The van der Waals surface area contributed by atoms with Crippen LogP contribution < -0.4 is 10.6 Å². The van der Waals surface area contributed by atoms with E-state index in [-0.39, 0.29) is 11.9 Å². The Labute approximate surface area is 109 Å². The van der Waals surface area contributed by atoms with Crippen molar-refractivity contribution in [3.05, 3.63) is 35.9 Å². The van der Waals surface area contributed by atoms with Crippen molar-refractivity contribution in [3.63, 3.8) is 0 Å². The van der Waals surface area contributed by atoms with Gasteiger partial charge in [0, 0.05) is 25.6 Å². The second-order valence-corrected chi connectivity index (χ2v) is 4.88. The fourth-order valence-corrected chi connectivity index (χ4v) is 2.30. The third-order valence-electron chi connectivity index (χ3n) is 3.30. The summed E-state index contributed by atoms with van der Waals surface area (Å²) in [4.78, 5) is 11.7. The second-order valence-electron chi connectivity index (χ2n) is 4.88. The van der Waals surface area contributed by atoms with Gasteiger partial charge in [-0.25, -0.2) is 5.32 Å². The van der Waals surface area contributed by atoms with Crippen molar-refractivity contribution in [2.75, 3.05) is 13.1 Å². The number of rotatable bonds is 5. The summed E-state index contributed by atoms with van der Waals surface area (Å²) in [5.41, 5.74) is 1.30. The zero-order valence-corrected chi connectivity index (χ0v) is 10.8. The van der Waals surface area contributed by atoms with E-state index in [0.717, 1.165) is 38.8 Å². The van der Waals surface area contributed by atoms with Gasteiger partial charge in [-0.15, -0.1) is 0 Å². The Bertz CT molecular complexity index is 358. The van der Waals surface area contributed by atoms with Crippen LogP contribution in [0.15, 0.2) is 30.3 Å². The molecule has 0 aliphatic carbocycles. The van der Waals surface area contributed by atoms with E-state index in [1.54, 1.807) is 0 Å². The fourth-order valence-electron chi connectivity index (χ4n) is 2.30. The van der Waals surface area contributed by atoms with Crippen molar-refractivity contribution in [3.8, 4) is 0 Å². The van der Waals surface area contributed by atoms with Crippen LogP contribution in [0.1, 0.15) is 31.2 Å². The van der Waals surface area contributed by atoms with Crippen LogP contribution in [0.5, 0.6) is 0 Å². The zero-order chi connectivity index (χ0) is 12.6. The van der Waals surface area contributed by atoms with E-state index in [2.05, 4.69) is 22.8 Å². The van der Waals surface area contributed by atoms with Crippen molar-refractivity contribution in [2.24, 2.45) is 0 Å². The minimum Gasteiger partial charge on any atom is -0.352 e. The minimum absolute atomic E-state index is 0.174. The maximum atomic E-state index is 11.7. The molecular formula is C15H21N2O. The van der Waals surface area contributed by atoms with Gasteiger partial charge < -0.3 is 5.32 Å². The third-order valence-corrected chi connectivity index (χ3v) is 3.30. The summed E-state index contributed by atoms with van der Waals surface area (Å²) in [5.74, 6) is 0.174. The molecule has 3 heteroatoms. The quantitative estimate of drug-likeness (QED) is 0.846. The van der Waals surface area contributed by atoms with Crippen LogP contribution in [-0.4, -0.2) is 25.0 Å². The number of aryl methyl sites for hydroxylation is 1. The summed E-state index contributed by atoms with van der Waals surface area (Å²) in [7, 11) is 0. The molecule has 1 amide bonds. The van der Waals surface area contributed by atoms with Crippen molar-refractivity contribution in [2.45, 2.75) is 38.1 Å². The van der Waals surface area contributed by atoms with E-state index in [4.69, 9.17) is 0 Å². The molecule has 3 nitrogen and oxygen atoms in total. The number of nitrogens with one attached hydrogen (secondary N) is 1. The highest BCUT2D eigenvalue weighted by Crippen LogP contribution is 2.06. The molecule has 1 atom stereocenters. The second kappa shape index (κ2) is 7.17. The number of hydrogen-bond acceptors (Lipinski definition) is 1. The molecule has 0 saturated carbocycles. The predicted molar refractivity (Wildman–Crippen MR) is 72.4 cm³/mol. The Hall–Kier alpha value is -1.35. The molecule has 97 valence electrons. The molecule has 1 aliphatic rings. The molecule has 1 radical (unpaired) electrons. The summed E-state index contributed by atoms with van der Waals surface area (Å²) >= 11 is 0. The molecule has 1 heterocycles. The average Bonchev–Trinajstić information content (AvgIpc) is 2.41. The number of benzene rings is 1. The number of piperidine rings is 1. The Morgan fingerprint density at radius 3 is 2.89 bits per heavy atom. The van der Waals surface area contributed by atoms with Gasteiger partial charge in [0.05, 0.1) is 0 Å². The molecule has 1 aromatic rings. The first-order chi connectivity index (χ1) is 8.84. The Kier molecular flexibility index (Phi) is 5.21. The molecular weight excluding hydrogens is 224 g/mol. The standard InChI is InChI=1S/C15H21N2O/c18-15(17-14-9-5-11-16-12-14)10-4-8-13-6-2-1-3-7-13/h1-3,6-7,14H,4-5,8-12H2,(H,17,18). The zero-order valence-electron chi connectivity index (χ0n) is 10.8. The number of hydrogen-bond donors (Lipinski definition) is 1. The highest BCUT2D eigenvalue weighted by atomic mass is 16.1. The third kappa shape index (κ3) is 4.49. The van der Waals surface area contributed by atoms with E-state index >= 15 is 0 Å². The van der Waals surface area contributed by atoms with Gasteiger partial charge in [0.25, 0.3) is 0 Å². The summed E-state index contributed by atoms with van der Waals surface area (Å²) in [6.07, 6.45) is 4.69. The molecule has 0 aromatic heterocycles. The van der Waals surface area contributed by atoms with Crippen LogP contribution >= 0.6 is 0 Å². The van der Waals surface area contributed by atoms with Crippen molar-refractivity contribution < 1.29 is 4.79 Å². The summed E-state index contributed by atoms with van der Waals surface area (Å²) in [6.45, 7) is 1.75. The number of nitrogens with zero attached hydrogens (tertiary/aromatic N) is 1. The lowest BCUT2D eigenvalue weighted by Crippen LogP contribution is -2.43. The van der Waals surface area contributed by atoms with Gasteiger partial charge in [-0.05, 0) is 31.2 Å². The summed E-state index contributed by atoms with van der Waals surface area (Å²) < 4.78 is 0. The van der Waals surface area contributed by atoms with Gasteiger partial charge in [-0.2, -0.15) is 0 Å². The average molecular weight is 245 g/mol. The van der Waals surface area contributed by atoms with Crippen LogP contribution in [-0.2, 0) is 11.2 Å². The van der Waals surface area contributed by atoms with Crippen molar-refractivity contribution >= 4 is 5.91 Å². The molecule has 1 aromatic carbocycles. The van der Waals surface area contributed by atoms with Gasteiger partial charge >= 0.3 is 0 Å². The van der Waals surface area contributed by atoms with Crippen LogP contribution in [0, 0.1) is 0 Å². The molecule has 1 aliphatic heterocycles. The molecule has 1 fully saturated rings. The molecule has 1 unspecified atom stereocenters. The van der Waals surface area contributed by atoms with E-state index in [1.165, 1.54) is 5.56 Å². The number of amides is 1. The first-order valence-electron chi connectivity index (χ1n) is 6.81. The molecule has 18 heavy (non-hydrogen) atoms. The first-order valence-corrected chi connectivity index (χ1v) is 6.81. The normalized spacial score (nSPS) is 19.4. The SMILES string of the molecule is O=C(CCCc1ccccc1)NC1CCC[N]C1. The van der Waals surface area contributed by atoms with Crippen LogP contribution in [0.2, 0.25) is 0 Å². The lowest BCUT2D eigenvalue weighted by molar-refractivity contribution is -0.122. The molecule has 1 N–H and O–H groups in total. The topological polar surface area (TPSA) is 43.2 Å². The van der Waals surface area contributed by atoms with Gasteiger partial charge in [0.1, 0.15) is 0 Å². The molecule has 1 saturated heterocycles. The highest BCUT2D eigenvalue weighted by molar-refractivity contribution is 5.76. The van der Waals surface area contributed by atoms with Gasteiger partial charge in [0.15, 0.2) is 0 Å². The first kappa shape index (κ1) is 13.1. The highest BCUT2D eigenvalue weighted by Gasteiger charge is 2.15. The van der Waals surface area contributed by atoms with Crippen molar-refractivity contribution in [1.82, 2.24) is 10.6 Å². The van der Waals surface area contributed by atoms with E-state index < -0.39 is 0 Å². The Balaban J connectivity index is 1.62. The lowest BCUT2D eigenvalue weighted by atomic mass is 10.1. The molecule has 0 bridgehead atoms. The van der Waals surface area contributed by atoms with Crippen molar-refractivity contribution in [1.29, 1.82) is 0 Å². The number of carbonyl (C=O) groups excluding carboxylic acids is 1. The fraction of sp³-hybridized carbons (Fsp3) is 0.533. The Morgan fingerprint density at radius 2 is 2.17 bits per heavy atom. The van der Waals surface area contributed by atoms with Crippen LogP contribution in [0.3, 0.4) is 0 Å². The minimum atomic E-state index is 0.174. The molecule has 2 rings (SSSR count). The smallest absolute Gasteiger partial charge is 0.220 e. The predicted octanol–water partition coefficient (Wildman–Crippen LogP) is 1.89. The maximum Gasteiger partial charge on any atom is 0.220 e. The molecule has 0 spiro atoms. The monoisotopic (exact) mass is 245 g/mol. The van der Waals surface area contributed by atoms with E-state index in [1.807, 2.05) is 18.2 Å². The van der Waals surface area contributed by atoms with Crippen LogP contribution in [0.4, 0.5) is 0 Å². The largest absolute Gasteiger partial charge is 0.352 e. The van der Waals surface area contributed by atoms with E-state index in [0.29, 0.717) is 6.42 Å². The summed E-state index contributed by atoms with van der Waals surface area (Å²) in [5, 5.41) is 7.40. The van der Waals surface area contributed by atoms with Gasteiger partial charge in [0.2, 0.25) is 5.91 Å². The van der Waals surface area contributed by atoms with Crippen LogP contribution in [0.25, 0.3) is 0 Å².